The number of likely N-dealkylation sites (N-methyl/N-ethyl adjacent to an activating group) is 1. The van der Waals surface area contributed by atoms with Crippen LogP contribution in [-0.2, 0) is 18.4 Å². The minimum Gasteiger partial charge on any atom is -0.756 e. The van der Waals surface area contributed by atoms with Gasteiger partial charge in [0.05, 0.1) is 39.9 Å². The number of nitrogens with one attached hydrogen (secondary N) is 1. The van der Waals surface area contributed by atoms with E-state index in [0.717, 1.165) is 64.2 Å². The van der Waals surface area contributed by atoms with Crippen molar-refractivity contribution in [2.75, 3.05) is 40.9 Å². The van der Waals surface area contributed by atoms with E-state index in [9.17, 15) is 19.4 Å². The molecule has 3 atom stereocenters. The van der Waals surface area contributed by atoms with E-state index in [-0.39, 0.29) is 12.5 Å². The molecule has 216 valence electrons. The van der Waals surface area contributed by atoms with Gasteiger partial charge in [0.15, 0.2) is 0 Å². The Labute approximate surface area is 226 Å². The van der Waals surface area contributed by atoms with Gasteiger partial charge >= 0.3 is 0 Å². The first kappa shape index (κ1) is 35.7. The number of amides is 1. The van der Waals surface area contributed by atoms with Gasteiger partial charge in [-0.2, -0.15) is 0 Å². The SMILES string of the molecule is CC/C=C/CC/C=C/CC/C=C/C(O)C(COP(=O)([O-])OCC[N+](C)(C)C)NC(=O)CCCCCCC. The molecule has 0 aliphatic carbocycles. The molecule has 0 bridgehead atoms. The average Bonchev–Trinajstić information content (AvgIpc) is 2.81. The number of unbranched alkanes of at least 4 members (excludes halogenated alkanes) is 6. The van der Waals surface area contributed by atoms with Crippen LogP contribution in [0, 0.1) is 0 Å². The minimum absolute atomic E-state index is 0.00999. The van der Waals surface area contributed by atoms with Crippen molar-refractivity contribution < 1.29 is 32.9 Å². The Morgan fingerprint density at radius 3 is 2.14 bits per heavy atom. The fraction of sp³-hybridized carbons (Fsp3) is 0.750. The molecule has 3 unspecified atom stereocenters. The second-order valence-corrected chi connectivity index (χ2v) is 11.8. The highest BCUT2D eigenvalue weighted by Gasteiger charge is 2.23. The van der Waals surface area contributed by atoms with Crippen LogP contribution in [0.25, 0.3) is 0 Å². The first-order valence-corrected chi connectivity index (χ1v) is 15.3. The first-order valence-electron chi connectivity index (χ1n) is 13.9. The van der Waals surface area contributed by atoms with Gasteiger partial charge in [0.1, 0.15) is 13.2 Å². The second kappa shape index (κ2) is 21.6. The lowest BCUT2D eigenvalue weighted by molar-refractivity contribution is -0.870. The zero-order valence-electron chi connectivity index (χ0n) is 23.9. The fourth-order valence-electron chi connectivity index (χ4n) is 3.30. The maximum Gasteiger partial charge on any atom is 0.268 e. The highest BCUT2D eigenvalue weighted by atomic mass is 31.2. The number of carbonyl (C=O) groups is 1. The van der Waals surface area contributed by atoms with Crippen molar-refractivity contribution in [1.82, 2.24) is 5.32 Å². The maximum absolute atomic E-state index is 12.4. The molecule has 0 radical (unpaired) electrons. The van der Waals surface area contributed by atoms with Gasteiger partial charge < -0.3 is 28.8 Å². The molecule has 1 amide bonds. The number of carbonyl (C=O) groups excluding carboxylic acids is 1. The molecule has 0 spiro atoms. The van der Waals surface area contributed by atoms with Crippen molar-refractivity contribution in [1.29, 1.82) is 0 Å². The zero-order chi connectivity index (χ0) is 28.0. The molecule has 9 heteroatoms. The third-order valence-electron chi connectivity index (χ3n) is 5.59. The molecule has 0 aliphatic heterocycles. The molecular formula is C28H53N2O6P. The Bertz CT molecular complexity index is 718. The number of hydrogen-bond donors (Lipinski definition) is 2. The maximum atomic E-state index is 12.4. The summed E-state index contributed by atoms with van der Waals surface area (Å²) in [6, 6.07) is -0.899. The largest absolute Gasteiger partial charge is 0.756 e. The van der Waals surface area contributed by atoms with Gasteiger partial charge in [0.2, 0.25) is 5.91 Å². The van der Waals surface area contributed by atoms with E-state index in [2.05, 4.69) is 43.5 Å². The van der Waals surface area contributed by atoms with E-state index in [0.29, 0.717) is 17.4 Å². The molecule has 0 aromatic carbocycles. The Morgan fingerprint density at radius 1 is 0.946 bits per heavy atom. The lowest BCUT2D eigenvalue weighted by Crippen LogP contribution is -2.45. The molecule has 0 heterocycles. The van der Waals surface area contributed by atoms with E-state index >= 15 is 0 Å². The lowest BCUT2D eigenvalue weighted by Gasteiger charge is -2.29. The smallest absolute Gasteiger partial charge is 0.268 e. The number of allylic oxidation sites excluding steroid dienone is 5. The van der Waals surface area contributed by atoms with Crippen molar-refractivity contribution >= 4 is 13.7 Å². The van der Waals surface area contributed by atoms with Crippen molar-refractivity contribution in [3.05, 3.63) is 36.5 Å². The molecule has 0 fully saturated rings. The van der Waals surface area contributed by atoms with Gasteiger partial charge in [-0.05, 0) is 38.5 Å². The molecule has 0 aliphatic rings. The monoisotopic (exact) mass is 544 g/mol. The summed E-state index contributed by atoms with van der Waals surface area (Å²) in [6.07, 6.45) is 21.0. The van der Waals surface area contributed by atoms with Gasteiger partial charge in [-0.25, -0.2) is 0 Å². The molecule has 8 nitrogen and oxygen atoms in total. The van der Waals surface area contributed by atoms with Crippen LogP contribution in [0.2, 0.25) is 0 Å². The molecule has 0 aromatic rings. The molecule has 2 N–H and O–H groups in total. The Balaban J connectivity index is 4.81. The van der Waals surface area contributed by atoms with Crippen LogP contribution >= 0.6 is 7.82 Å². The normalized spacial score (nSPS) is 16.0. The number of aliphatic hydroxyl groups is 1. The predicted octanol–water partition coefficient (Wildman–Crippen LogP) is 5.04. The number of rotatable bonds is 23. The van der Waals surface area contributed by atoms with E-state index in [1.54, 1.807) is 6.08 Å². The van der Waals surface area contributed by atoms with Crippen molar-refractivity contribution in [3.8, 4) is 0 Å². The van der Waals surface area contributed by atoms with Gasteiger partial charge in [0.25, 0.3) is 7.82 Å². The Kier molecular flexibility index (Phi) is 20.9. The summed E-state index contributed by atoms with van der Waals surface area (Å²) >= 11 is 0. The summed E-state index contributed by atoms with van der Waals surface area (Å²) < 4.78 is 22.7. The number of nitrogens with zero attached hydrogens (tertiary/aromatic N) is 1. The number of phosphoric acid groups is 1. The number of hydrogen-bond acceptors (Lipinski definition) is 6. The Hall–Kier alpha value is -1.28. The van der Waals surface area contributed by atoms with Crippen molar-refractivity contribution in [3.63, 3.8) is 0 Å². The average molecular weight is 545 g/mol. The Morgan fingerprint density at radius 2 is 1.54 bits per heavy atom. The van der Waals surface area contributed by atoms with E-state index in [4.69, 9.17) is 9.05 Å². The van der Waals surface area contributed by atoms with E-state index in [1.165, 1.54) is 0 Å². The van der Waals surface area contributed by atoms with Crippen LogP contribution in [0.5, 0.6) is 0 Å². The van der Waals surface area contributed by atoms with Crippen LogP contribution < -0.4 is 10.2 Å². The van der Waals surface area contributed by atoms with Crippen LogP contribution in [0.1, 0.15) is 84.5 Å². The topological polar surface area (TPSA) is 108 Å². The second-order valence-electron chi connectivity index (χ2n) is 10.4. The van der Waals surface area contributed by atoms with Crippen LogP contribution in [0.15, 0.2) is 36.5 Å². The highest BCUT2D eigenvalue weighted by molar-refractivity contribution is 7.45. The van der Waals surface area contributed by atoms with Crippen LogP contribution in [-0.4, -0.2) is 68.5 Å². The van der Waals surface area contributed by atoms with Crippen molar-refractivity contribution in [2.45, 2.75) is 96.6 Å². The fourth-order valence-corrected chi connectivity index (χ4v) is 4.03. The summed E-state index contributed by atoms with van der Waals surface area (Å²) in [5, 5.41) is 13.4. The quantitative estimate of drug-likeness (QED) is 0.0808. The summed E-state index contributed by atoms with van der Waals surface area (Å²) in [5.41, 5.74) is 0. The van der Waals surface area contributed by atoms with Gasteiger partial charge in [-0.15, -0.1) is 0 Å². The summed E-state index contributed by atoms with van der Waals surface area (Å²) in [4.78, 5) is 24.6. The third-order valence-corrected chi connectivity index (χ3v) is 6.56. The van der Waals surface area contributed by atoms with Gasteiger partial charge in [-0.3, -0.25) is 9.36 Å². The summed E-state index contributed by atoms with van der Waals surface area (Å²) in [7, 11) is 1.22. The summed E-state index contributed by atoms with van der Waals surface area (Å²) in [6.45, 7) is 4.33. The number of aliphatic hydroxyl groups excluding tert-OH is 1. The van der Waals surface area contributed by atoms with Crippen LogP contribution in [0.3, 0.4) is 0 Å². The zero-order valence-corrected chi connectivity index (χ0v) is 24.8. The predicted molar refractivity (Wildman–Crippen MR) is 150 cm³/mol. The molecule has 37 heavy (non-hydrogen) atoms. The third kappa shape index (κ3) is 23.6. The molecule has 0 rings (SSSR count). The lowest BCUT2D eigenvalue weighted by atomic mass is 10.1. The van der Waals surface area contributed by atoms with Gasteiger partial charge in [0, 0.05) is 6.42 Å². The number of quaternary nitrogens is 1. The van der Waals surface area contributed by atoms with Crippen molar-refractivity contribution in [2.24, 2.45) is 0 Å². The van der Waals surface area contributed by atoms with E-state index in [1.807, 2.05) is 27.2 Å². The van der Waals surface area contributed by atoms with Gasteiger partial charge in [-0.1, -0.05) is 76.0 Å². The number of phosphoric ester groups is 1. The standard InChI is InChI=1S/C28H53N2O6P/c1-6-8-10-12-13-14-15-16-18-19-21-27(31)26(29-28(32)22-20-17-11-9-7-2)25-36-37(33,34)35-24-23-30(3,4)5/h8,10,14-15,19,21,26-27,31H,6-7,9,11-13,16-18,20,22-25H2,1-5H3,(H-,29,32,33,34)/b10-8+,15-14+,21-19+. The summed E-state index contributed by atoms with van der Waals surface area (Å²) in [5.74, 6) is -0.232. The molecule has 0 aromatic heterocycles. The molecule has 0 saturated carbocycles. The van der Waals surface area contributed by atoms with Crippen LogP contribution in [0.4, 0.5) is 0 Å². The molecular weight excluding hydrogens is 491 g/mol. The van der Waals surface area contributed by atoms with E-state index < -0.39 is 26.6 Å². The first-order chi connectivity index (χ1) is 17.5. The highest BCUT2D eigenvalue weighted by Crippen LogP contribution is 2.38. The minimum atomic E-state index is -4.56. The molecule has 0 saturated heterocycles.